The van der Waals surface area contributed by atoms with Crippen LogP contribution in [0.5, 0.6) is 0 Å². The first-order chi connectivity index (χ1) is 8.86. The smallest absolute Gasteiger partial charge is 0.0941 e. The molecule has 2 heterocycles. The Kier molecular flexibility index (Phi) is 3.97. The number of hydrogen-bond donors (Lipinski definition) is 1. The van der Waals surface area contributed by atoms with Gasteiger partial charge in [0, 0.05) is 24.4 Å². The molecule has 2 fully saturated rings. The number of hydrogen-bond acceptors (Lipinski definition) is 4. The highest BCUT2D eigenvalue weighted by atomic mass is 32.1. The van der Waals surface area contributed by atoms with Crippen LogP contribution in [0.25, 0.3) is 0 Å². The van der Waals surface area contributed by atoms with Gasteiger partial charge >= 0.3 is 0 Å². The minimum Gasteiger partial charge on any atom is -0.330 e. The van der Waals surface area contributed by atoms with Crippen LogP contribution in [0.3, 0.4) is 0 Å². The Morgan fingerprint density at radius 2 is 2.22 bits per heavy atom. The van der Waals surface area contributed by atoms with E-state index in [9.17, 15) is 0 Å². The van der Waals surface area contributed by atoms with Gasteiger partial charge in [0.2, 0.25) is 0 Å². The topological polar surface area (TPSA) is 42.1 Å². The van der Waals surface area contributed by atoms with Crippen LogP contribution in [0.2, 0.25) is 0 Å². The quantitative estimate of drug-likeness (QED) is 0.909. The first kappa shape index (κ1) is 12.6. The molecule has 2 N–H and O–H groups in total. The molecule has 0 spiro atoms. The number of rotatable bonds is 4. The van der Waals surface area contributed by atoms with Gasteiger partial charge in [-0.3, -0.25) is 4.90 Å². The van der Waals surface area contributed by atoms with Crippen molar-refractivity contribution >= 4 is 11.3 Å². The Balaban J connectivity index is 1.63. The van der Waals surface area contributed by atoms with Crippen LogP contribution in [0.4, 0.5) is 0 Å². The van der Waals surface area contributed by atoms with E-state index in [1.807, 2.05) is 0 Å². The summed E-state index contributed by atoms with van der Waals surface area (Å²) in [6.45, 7) is 3.04. The summed E-state index contributed by atoms with van der Waals surface area (Å²) in [5.74, 6) is 0.973. The Morgan fingerprint density at radius 3 is 3.11 bits per heavy atom. The van der Waals surface area contributed by atoms with Gasteiger partial charge in [-0.05, 0) is 44.7 Å². The van der Waals surface area contributed by atoms with Gasteiger partial charge < -0.3 is 5.73 Å². The molecule has 4 heteroatoms. The summed E-state index contributed by atoms with van der Waals surface area (Å²) < 4.78 is 0. The molecular formula is C14H23N3S. The second-order valence-electron chi connectivity index (χ2n) is 5.64. The Morgan fingerprint density at radius 1 is 1.33 bits per heavy atom. The van der Waals surface area contributed by atoms with Crippen LogP contribution in [-0.4, -0.2) is 29.0 Å². The van der Waals surface area contributed by atoms with Gasteiger partial charge in [0.1, 0.15) is 0 Å². The van der Waals surface area contributed by atoms with Crippen molar-refractivity contribution in [2.45, 2.75) is 51.1 Å². The minimum absolute atomic E-state index is 0.710. The predicted molar refractivity (Wildman–Crippen MR) is 75.6 cm³/mol. The lowest BCUT2D eigenvalue weighted by molar-refractivity contribution is 0.104. The number of thiazole rings is 1. The molecule has 1 saturated heterocycles. The van der Waals surface area contributed by atoms with Gasteiger partial charge in [-0.25, -0.2) is 4.98 Å². The highest BCUT2D eigenvalue weighted by Gasteiger charge is 2.34. The standard InChI is InChI=1S/C14H23N3S/c15-7-6-14-16-12(10-18-14)9-17-8-2-4-11-3-1-5-13(11)17/h10-11,13H,1-9,15H2. The average Bonchev–Trinajstić information content (AvgIpc) is 2.99. The Bertz CT molecular complexity index is 390. The lowest BCUT2D eigenvalue weighted by Gasteiger charge is -2.37. The SMILES string of the molecule is NCCc1nc(CN2CCCC3CCCC32)cs1. The number of piperidine rings is 1. The van der Waals surface area contributed by atoms with E-state index in [2.05, 4.69) is 10.3 Å². The fraction of sp³-hybridized carbons (Fsp3) is 0.786. The molecule has 2 unspecified atom stereocenters. The molecule has 0 radical (unpaired) electrons. The molecular weight excluding hydrogens is 242 g/mol. The van der Waals surface area contributed by atoms with Crippen LogP contribution in [0, 0.1) is 5.92 Å². The summed E-state index contributed by atoms with van der Waals surface area (Å²) in [5, 5.41) is 3.43. The van der Waals surface area contributed by atoms with Crippen LogP contribution >= 0.6 is 11.3 Å². The van der Waals surface area contributed by atoms with Crippen LogP contribution in [0.15, 0.2) is 5.38 Å². The maximum atomic E-state index is 5.58. The van der Waals surface area contributed by atoms with Crippen molar-refractivity contribution in [3.05, 3.63) is 16.1 Å². The third kappa shape index (κ3) is 2.60. The number of nitrogens with two attached hydrogens (primary N) is 1. The highest BCUT2D eigenvalue weighted by Crippen LogP contribution is 2.37. The third-order valence-corrected chi connectivity index (χ3v) is 5.39. The van der Waals surface area contributed by atoms with Crippen molar-refractivity contribution in [1.82, 2.24) is 9.88 Å². The first-order valence-electron chi connectivity index (χ1n) is 7.24. The highest BCUT2D eigenvalue weighted by molar-refractivity contribution is 7.09. The van der Waals surface area contributed by atoms with Gasteiger partial charge in [-0.15, -0.1) is 11.3 Å². The van der Waals surface area contributed by atoms with E-state index in [0.717, 1.165) is 24.9 Å². The molecule has 1 aliphatic heterocycles. The number of nitrogens with zero attached hydrogens (tertiary/aromatic N) is 2. The largest absolute Gasteiger partial charge is 0.330 e. The van der Waals surface area contributed by atoms with Crippen LogP contribution < -0.4 is 5.73 Å². The number of fused-ring (bicyclic) bond motifs is 1. The molecule has 1 aromatic heterocycles. The zero-order valence-corrected chi connectivity index (χ0v) is 11.8. The van der Waals surface area contributed by atoms with Gasteiger partial charge in [-0.2, -0.15) is 0 Å². The maximum absolute atomic E-state index is 5.58. The van der Waals surface area contributed by atoms with E-state index in [4.69, 9.17) is 10.7 Å². The summed E-state index contributed by atoms with van der Waals surface area (Å²) in [4.78, 5) is 7.39. The molecule has 1 aliphatic carbocycles. The maximum Gasteiger partial charge on any atom is 0.0941 e. The summed E-state index contributed by atoms with van der Waals surface area (Å²) in [5.41, 5.74) is 6.84. The number of aromatic nitrogens is 1. The molecule has 2 atom stereocenters. The summed E-state index contributed by atoms with van der Waals surface area (Å²) in [7, 11) is 0. The van der Waals surface area contributed by atoms with Gasteiger partial charge in [0.05, 0.1) is 10.7 Å². The zero-order chi connectivity index (χ0) is 12.4. The summed E-state index contributed by atoms with van der Waals surface area (Å²) in [6, 6.07) is 0.846. The fourth-order valence-corrected chi connectivity index (χ4v) is 4.43. The molecule has 18 heavy (non-hydrogen) atoms. The second-order valence-corrected chi connectivity index (χ2v) is 6.58. The van der Waals surface area contributed by atoms with Gasteiger partial charge in [-0.1, -0.05) is 6.42 Å². The van der Waals surface area contributed by atoms with E-state index in [0.29, 0.717) is 6.54 Å². The normalized spacial score (nSPS) is 28.5. The molecule has 1 saturated carbocycles. The van der Waals surface area contributed by atoms with Crippen molar-refractivity contribution in [1.29, 1.82) is 0 Å². The van der Waals surface area contributed by atoms with Crippen molar-refractivity contribution in [3.8, 4) is 0 Å². The van der Waals surface area contributed by atoms with Crippen LogP contribution in [-0.2, 0) is 13.0 Å². The van der Waals surface area contributed by atoms with E-state index in [1.54, 1.807) is 11.3 Å². The lowest BCUT2D eigenvalue weighted by Crippen LogP contribution is -2.41. The molecule has 2 aliphatic rings. The minimum atomic E-state index is 0.710. The molecule has 3 rings (SSSR count). The van der Waals surface area contributed by atoms with Crippen molar-refractivity contribution in [3.63, 3.8) is 0 Å². The average molecular weight is 265 g/mol. The van der Waals surface area contributed by atoms with E-state index in [1.165, 1.54) is 49.4 Å². The Labute approximate surface area is 113 Å². The van der Waals surface area contributed by atoms with Gasteiger partial charge in [0.25, 0.3) is 0 Å². The van der Waals surface area contributed by atoms with Crippen molar-refractivity contribution in [2.75, 3.05) is 13.1 Å². The predicted octanol–water partition coefficient (Wildman–Crippen LogP) is 2.41. The molecule has 0 aromatic carbocycles. The number of likely N-dealkylation sites (tertiary alicyclic amines) is 1. The first-order valence-corrected chi connectivity index (χ1v) is 8.12. The van der Waals surface area contributed by atoms with Gasteiger partial charge in [0.15, 0.2) is 0 Å². The van der Waals surface area contributed by atoms with E-state index >= 15 is 0 Å². The molecule has 100 valence electrons. The van der Waals surface area contributed by atoms with E-state index < -0.39 is 0 Å². The summed E-state index contributed by atoms with van der Waals surface area (Å²) >= 11 is 1.77. The summed E-state index contributed by atoms with van der Waals surface area (Å²) in [6.07, 6.45) is 8.05. The fourth-order valence-electron chi connectivity index (χ4n) is 3.62. The second kappa shape index (κ2) is 5.68. The monoisotopic (exact) mass is 265 g/mol. The van der Waals surface area contributed by atoms with Crippen molar-refractivity contribution < 1.29 is 0 Å². The zero-order valence-electron chi connectivity index (χ0n) is 11.0. The third-order valence-electron chi connectivity index (χ3n) is 4.43. The molecule has 1 aromatic rings. The molecule has 3 nitrogen and oxygen atoms in total. The Hall–Kier alpha value is -0.450. The molecule has 0 amide bonds. The molecule has 0 bridgehead atoms. The van der Waals surface area contributed by atoms with E-state index in [-0.39, 0.29) is 0 Å². The van der Waals surface area contributed by atoms with Crippen LogP contribution in [0.1, 0.15) is 42.8 Å². The lowest BCUT2D eigenvalue weighted by atomic mass is 9.92. The van der Waals surface area contributed by atoms with Crippen molar-refractivity contribution in [2.24, 2.45) is 11.7 Å².